The van der Waals surface area contributed by atoms with Crippen molar-refractivity contribution in [1.82, 2.24) is 10.2 Å². The fraction of sp³-hybridized carbons (Fsp3) is 0.474. The lowest BCUT2D eigenvalue weighted by atomic mass is 9.80. The smallest absolute Gasteiger partial charge is 0.254 e. The summed E-state index contributed by atoms with van der Waals surface area (Å²) in [6, 6.07) is 5.60. The largest absolute Gasteiger partial charge is 0.508 e. The molecule has 2 fully saturated rings. The molecule has 1 heterocycles. The maximum absolute atomic E-state index is 12.0. The average molecular weight is 312 g/mol. The summed E-state index contributed by atoms with van der Waals surface area (Å²) < 4.78 is 0. The number of nitrogens with zero attached hydrogens (tertiary/aromatic N) is 1. The van der Waals surface area contributed by atoms with Gasteiger partial charge in [0.05, 0.1) is 0 Å². The highest BCUT2D eigenvalue weighted by Crippen LogP contribution is 2.32. The molecule has 0 unspecified atom stereocenters. The van der Waals surface area contributed by atoms with Gasteiger partial charge >= 0.3 is 0 Å². The lowest BCUT2D eigenvalue weighted by Gasteiger charge is -2.25. The number of piperazine rings is 1. The summed E-state index contributed by atoms with van der Waals surface area (Å²) in [5, 5.41) is 13.2. The predicted molar refractivity (Wildman–Crippen MR) is 91.1 cm³/mol. The van der Waals surface area contributed by atoms with Gasteiger partial charge in [0.1, 0.15) is 5.75 Å². The third kappa shape index (κ3) is 4.25. The molecule has 1 aliphatic carbocycles. The van der Waals surface area contributed by atoms with Crippen LogP contribution in [-0.4, -0.2) is 42.1 Å². The zero-order chi connectivity index (χ0) is 16.1. The number of benzene rings is 1. The summed E-state index contributed by atoms with van der Waals surface area (Å²) in [5.74, 6) is 1.09. The number of aromatic hydroxyl groups is 1. The Morgan fingerprint density at radius 1 is 1.35 bits per heavy atom. The minimum absolute atomic E-state index is 0.0104. The van der Waals surface area contributed by atoms with E-state index >= 15 is 0 Å². The molecular formula is C19H24N2O2. The molecule has 4 nitrogen and oxygen atoms in total. The SMILES string of the molecule is O=C(C=C=Cc1ccc(O)c(CC2CCC2)c1)N1CCNCC1. The zero-order valence-corrected chi connectivity index (χ0v) is 13.4. The van der Waals surface area contributed by atoms with Gasteiger partial charge in [-0.1, -0.05) is 25.3 Å². The molecule has 2 aliphatic rings. The van der Waals surface area contributed by atoms with Crippen molar-refractivity contribution in [3.63, 3.8) is 0 Å². The van der Waals surface area contributed by atoms with Crippen LogP contribution in [0.15, 0.2) is 30.0 Å². The number of amides is 1. The van der Waals surface area contributed by atoms with Crippen LogP contribution in [0.1, 0.15) is 30.4 Å². The van der Waals surface area contributed by atoms with E-state index in [1.165, 1.54) is 25.3 Å². The summed E-state index contributed by atoms with van der Waals surface area (Å²) in [6.45, 7) is 3.21. The first-order chi connectivity index (χ1) is 11.2. The molecule has 0 atom stereocenters. The topological polar surface area (TPSA) is 52.6 Å². The van der Waals surface area contributed by atoms with E-state index in [2.05, 4.69) is 11.0 Å². The summed E-state index contributed by atoms with van der Waals surface area (Å²) in [6.07, 6.45) is 8.09. The van der Waals surface area contributed by atoms with Gasteiger partial charge in [0.25, 0.3) is 5.91 Å². The molecule has 1 aliphatic heterocycles. The van der Waals surface area contributed by atoms with E-state index in [1.807, 2.05) is 23.1 Å². The van der Waals surface area contributed by atoms with Gasteiger partial charge in [-0.25, -0.2) is 0 Å². The lowest BCUT2D eigenvalue weighted by Crippen LogP contribution is -2.45. The average Bonchev–Trinajstić information content (AvgIpc) is 2.54. The molecule has 122 valence electrons. The molecule has 0 spiro atoms. The number of hydrogen-bond donors (Lipinski definition) is 2. The third-order valence-corrected chi connectivity index (χ3v) is 4.72. The minimum Gasteiger partial charge on any atom is -0.508 e. The van der Waals surface area contributed by atoms with Gasteiger partial charge in [-0.15, -0.1) is 5.73 Å². The fourth-order valence-electron chi connectivity index (χ4n) is 3.05. The van der Waals surface area contributed by atoms with Crippen LogP contribution in [0, 0.1) is 5.92 Å². The maximum Gasteiger partial charge on any atom is 0.254 e. The van der Waals surface area contributed by atoms with Gasteiger partial charge in [0.2, 0.25) is 0 Å². The molecule has 3 rings (SSSR count). The molecular weight excluding hydrogens is 288 g/mol. The lowest BCUT2D eigenvalue weighted by molar-refractivity contribution is -0.126. The molecule has 1 aromatic carbocycles. The highest BCUT2D eigenvalue weighted by molar-refractivity contribution is 5.88. The molecule has 1 saturated carbocycles. The Hall–Kier alpha value is -2.03. The van der Waals surface area contributed by atoms with Crippen LogP contribution in [0.4, 0.5) is 0 Å². The van der Waals surface area contributed by atoms with Crippen molar-refractivity contribution in [2.45, 2.75) is 25.7 Å². The summed E-state index contributed by atoms with van der Waals surface area (Å²) in [4.78, 5) is 13.9. The van der Waals surface area contributed by atoms with E-state index in [1.54, 1.807) is 6.07 Å². The Balaban J connectivity index is 1.65. The van der Waals surface area contributed by atoms with E-state index in [4.69, 9.17) is 0 Å². The van der Waals surface area contributed by atoms with Gasteiger partial charge < -0.3 is 15.3 Å². The van der Waals surface area contributed by atoms with Crippen molar-refractivity contribution in [3.8, 4) is 5.75 Å². The van der Waals surface area contributed by atoms with Gasteiger partial charge in [-0.3, -0.25) is 4.79 Å². The van der Waals surface area contributed by atoms with Crippen molar-refractivity contribution < 1.29 is 9.90 Å². The van der Waals surface area contributed by atoms with Crippen molar-refractivity contribution in [1.29, 1.82) is 0 Å². The van der Waals surface area contributed by atoms with E-state index < -0.39 is 0 Å². The van der Waals surface area contributed by atoms with Crippen LogP contribution >= 0.6 is 0 Å². The first-order valence-electron chi connectivity index (χ1n) is 8.46. The van der Waals surface area contributed by atoms with E-state index in [0.717, 1.165) is 43.7 Å². The highest BCUT2D eigenvalue weighted by Gasteiger charge is 2.19. The molecule has 0 aromatic heterocycles. The second-order valence-electron chi connectivity index (χ2n) is 6.42. The number of carbonyl (C=O) groups excluding carboxylic acids is 1. The van der Waals surface area contributed by atoms with Crippen LogP contribution in [0.5, 0.6) is 5.75 Å². The Labute approximate surface area is 137 Å². The second kappa shape index (κ2) is 7.49. The Kier molecular flexibility index (Phi) is 5.16. The first-order valence-corrected chi connectivity index (χ1v) is 8.46. The summed E-state index contributed by atoms with van der Waals surface area (Å²) in [5.41, 5.74) is 4.96. The number of carbonyl (C=O) groups is 1. The summed E-state index contributed by atoms with van der Waals surface area (Å²) in [7, 11) is 0. The number of phenolic OH excluding ortho intramolecular Hbond substituents is 1. The normalized spacial score (nSPS) is 18.0. The van der Waals surface area contributed by atoms with Gasteiger partial charge in [-0.05, 0) is 41.7 Å². The first kappa shape index (κ1) is 15.9. The molecule has 1 amide bonds. The minimum atomic E-state index is 0.0104. The number of nitrogens with one attached hydrogen (secondary N) is 1. The number of phenols is 1. The number of hydrogen-bond acceptors (Lipinski definition) is 3. The maximum atomic E-state index is 12.0. The third-order valence-electron chi connectivity index (χ3n) is 4.72. The van der Waals surface area contributed by atoms with Crippen LogP contribution in [0.25, 0.3) is 6.08 Å². The quantitative estimate of drug-likeness (QED) is 0.663. The van der Waals surface area contributed by atoms with E-state index in [9.17, 15) is 9.90 Å². The molecule has 23 heavy (non-hydrogen) atoms. The fourth-order valence-corrected chi connectivity index (χ4v) is 3.05. The van der Waals surface area contributed by atoms with E-state index in [-0.39, 0.29) is 5.91 Å². The molecule has 0 radical (unpaired) electrons. The molecule has 1 saturated heterocycles. The van der Waals surface area contributed by atoms with Gasteiger partial charge in [0.15, 0.2) is 0 Å². The Morgan fingerprint density at radius 2 is 2.13 bits per heavy atom. The van der Waals surface area contributed by atoms with Gasteiger partial charge in [-0.2, -0.15) is 0 Å². The van der Waals surface area contributed by atoms with Crippen LogP contribution in [0.2, 0.25) is 0 Å². The van der Waals surface area contributed by atoms with Crippen molar-refractivity contribution in [2.24, 2.45) is 5.92 Å². The molecule has 4 heteroatoms. The van der Waals surface area contributed by atoms with Crippen molar-refractivity contribution in [2.75, 3.05) is 26.2 Å². The highest BCUT2D eigenvalue weighted by atomic mass is 16.3. The monoisotopic (exact) mass is 312 g/mol. The van der Waals surface area contributed by atoms with Crippen molar-refractivity contribution >= 4 is 12.0 Å². The van der Waals surface area contributed by atoms with Crippen LogP contribution < -0.4 is 5.32 Å². The Bertz CT molecular complexity index is 622. The van der Waals surface area contributed by atoms with E-state index in [0.29, 0.717) is 11.7 Å². The molecule has 1 aromatic rings. The zero-order valence-electron chi connectivity index (χ0n) is 13.4. The standard InChI is InChI=1S/C19H24N2O2/c22-18-8-7-16(14-17(18)13-15-3-1-4-15)5-2-6-19(23)21-11-9-20-10-12-21/h5-8,14-15,20,22H,1,3-4,9-13H2. The van der Waals surface area contributed by atoms with Crippen LogP contribution in [0.3, 0.4) is 0 Å². The molecule has 2 N–H and O–H groups in total. The van der Waals surface area contributed by atoms with Crippen LogP contribution in [-0.2, 0) is 11.2 Å². The van der Waals surface area contributed by atoms with Gasteiger partial charge in [0, 0.05) is 32.3 Å². The Morgan fingerprint density at radius 3 is 2.83 bits per heavy atom. The van der Waals surface area contributed by atoms with Crippen molar-refractivity contribution in [3.05, 3.63) is 41.1 Å². The second-order valence-corrected chi connectivity index (χ2v) is 6.42. The molecule has 0 bridgehead atoms. The summed E-state index contributed by atoms with van der Waals surface area (Å²) >= 11 is 0. The number of rotatable bonds is 4. The predicted octanol–water partition coefficient (Wildman–Crippen LogP) is 2.33.